The Morgan fingerprint density at radius 2 is 1.35 bits per heavy atom. The molecule has 1 unspecified atom stereocenters. The van der Waals surface area contributed by atoms with Gasteiger partial charge in [0.2, 0.25) is 0 Å². The fourth-order valence-electron chi connectivity index (χ4n) is 2.98. The second kappa shape index (κ2) is 6.57. The highest BCUT2D eigenvalue weighted by Crippen LogP contribution is 2.41. The van der Waals surface area contributed by atoms with E-state index in [2.05, 4.69) is 53.0 Å². The van der Waals surface area contributed by atoms with E-state index in [4.69, 9.17) is 0 Å². The van der Waals surface area contributed by atoms with Crippen LogP contribution >= 0.6 is 0 Å². The third-order valence-electron chi connectivity index (χ3n) is 4.67. The molecule has 0 fully saturated rings. The van der Waals surface area contributed by atoms with Crippen molar-refractivity contribution in [2.75, 3.05) is 0 Å². The Kier molecular flexibility index (Phi) is 6.44. The summed E-state index contributed by atoms with van der Waals surface area (Å²) in [4.78, 5) is 0. The van der Waals surface area contributed by atoms with Gasteiger partial charge in [0.1, 0.15) is 13.7 Å². The van der Waals surface area contributed by atoms with E-state index in [-0.39, 0.29) is 6.42 Å². The van der Waals surface area contributed by atoms with Gasteiger partial charge in [-0.05, 0) is 35.9 Å². The van der Waals surface area contributed by atoms with Crippen LogP contribution in [0.2, 0.25) is 16.6 Å². The molecule has 0 aromatic heterocycles. The fourth-order valence-corrected chi connectivity index (χ4v) is 8.22. The zero-order valence-electron chi connectivity index (χ0n) is 14.1. The molecular formula is C16H30F2OSi. The number of halogens is 2. The van der Waals surface area contributed by atoms with Crippen molar-refractivity contribution in [3.05, 3.63) is 0 Å². The molecule has 0 amide bonds. The van der Waals surface area contributed by atoms with Crippen molar-refractivity contribution in [3.63, 3.8) is 0 Å². The highest BCUT2D eigenvalue weighted by atomic mass is 28.3. The van der Waals surface area contributed by atoms with Gasteiger partial charge in [-0.2, -0.15) is 8.78 Å². The molecule has 1 atom stereocenters. The van der Waals surface area contributed by atoms with E-state index in [0.29, 0.717) is 16.6 Å². The maximum Gasteiger partial charge on any atom is 0.335 e. The molecule has 0 aliphatic carbocycles. The summed E-state index contributed by atoms with van der Waals surface area (Å²) in [6.07, 6.45) is -0.0196. The number of hydrogen-bond donors (Lipinski definition) is 1. The third kappa shape index (κ3) is 3.62. The average molecular weight is 304 g/mol. The number of alkyl halides is 2. The molecule has 0 heterocycles. The molecule has 0 saturated heterocycles. The molecule has 0 bridgehead atoms. The first kappa shape index (κ1) is 19.6. The molecule has 1 nitrogen and oxygen atoms in total. The quantitative estimate of drug-likeness (QED) is 0.559. The van der Waals surface area contributed by atoms with E-state index in [0.717, 1.165) is 6.92 Å². The van der Waals surface area contributed by atoms with E-state index in [9.17, 15) is 13.9 Å². The molecule has 20 heavy (non-hydrogen) atoms. The molecule has 1 N–H and O–H groups in total. The molecule has 118 valence electrons. The van der Waals surface area contributed by atoms with Crippen molar-refractivity contribution in [1.82, 2.24) is 0 Å². The first-order chi connectivity index (χ1) is 8.85. The van der Waals surface area contributed by atoms with Crippen LogP contribution in [0, 0.1) is 11.5 Å². The molecule has 0 saturated carbocycles. The van der Waals surface area contributed by atoms with Crippen LogP contribution in [0.5, 0.6) is 0 Å². The molecule has 0 spiro atoms. The topological polar surface area (TPSA) is 20.2 Å². The second-order valence-electron chi connectivity index (χ2n) is 6.85. The molecule has 0 aromatic carbocycles. The van der Waals surface area contributed by atoms with Gasteiger partial charge >= 0.3 is 5.92 Å². The lowest BCUT2D eigenvalue weighted by molar-refractivity contribution is -0.133. The largest absolute Gasteiger partial charge is 0.383 e. The third-order valence-corrected chi connectivity index (χ3v) is 11.0. The zero-order chi connectivity index (χ0) is 16.4. The normalized spacial score (nSPS) is 16.3. The lowest BCUT2D eigenvalue weighted by atomic mass is 9.96. The molecule has 4 heteroatoms. The summed E-state index contributed by atoms with van der Waals surface area (Å²) in [5, 5.41) is 9.83. The molecule has 0 radical (unpaired) electrons. The maximum absolute atomic E-state index is 14.1. The lowest BCUT2D eigenvalue weighted by Crippen LogP contribution is -2.47. The predicted octanol–water partition coefficient (Wildman–Crippen LogP) is 5.00. The number of aliphatic hydroxyl groups is 1. The van der Waals surface area contributed by atoms with Crippen LogP contribution < -0.4 is 0 Å². The summed E-state index contributed by atoms with van der Waals surface area (Å²) in [5.74, 6) is -1.20. The average Bonchev–Trinajstić information content (AvgIpc) is 2.27. The van der Waals surface area contributed by atoms with Gasteiger partial charge in [0.05, 0.1) is 0 Å². The van der Waals surface area contributed by atoms with Crippen LogP contribution in [-0.4, -0.2) is 24.7 Å². The summed E-state index contributed by atoms with van der Waals surface area (Å²) in [6, 6.07) is 0. The standard InChI is InChI=1S/C16H30F2OSi/c1-9-15(8,19)16(17,18)10-11-20(12(2)3,13(4)5)14(6)7/h12-14,19H,9H2,1-8H3. The van der Waals surface area contributed by atoms with Crippen LogP contribution in [0.1, 0.15) is 61.8 Å². The van der Waals surface area contributed by atoms with Gasteiger partial charge in [0.25, 0.3) is 0 Å². The van der Waals surface area contributed by atoms with E-state index in [1.54, 1.807) is 6.92 Å². The van der Waals surface area contributed by atoms with Crippen molar-refractivity contribution >= 4 is 8.07 Å². The van der Waals surface area contributed by atoms with Gasteiger partial charge in [-0.1, -0.05) is 48.5 Å². The van der Waals surface area contributed by atoms with Crippen molar-refractivity contribution in [2.45, 2.75) is 90.0 Å². The Morgan fingerprint density at radius 3 is 1.60 bits per heavy atom. The summed E-state index contributed by atoms with van der Waals surface area (Å²) in [7, 11) is -2.18. The Morgan fingerprint density at radius 1 is 1.00 bits per heavy atom. The Balaban J connectivity index is 5.80. The van der Waals surface area contributed by atoms with Crippen LogP contribution in [0.4, 0.5) is 8.78 Å². The number of rotatable bonds is 5. The Bertz CT molecular complexity index is 354. The van der Waals surface area contributed by atoms with Crippen LogP contribution in [0.3, 0.4) is 0 Å². The van der Waals surface area contributed by atoms with E-state index in [1.165, 1.54) is 0 Å². The van der Waals surface area contributed by atoms with E-state index in [1.807, 2.05) is 0 Å². The van der Waals surface area contributed by atoms with Gasteiger partial charge in [-0.3, -0.25) is 0 Å². The molecular weight excluding hydrogens is 274 g/mol. The minimum Gasteiger partial charge on any atom is -0.383 e. The SMILES string of the molecule is CCC(C)(O)C(F)(F)C#C[Si](C(C)C)(C(C)C)C(C)C. The fraction of sp³-hybridized carbons (Fsp3) is 0.875. The summed E-state index contributed by atoms with van der Waals surface area (Å²) in [5.41, 5.74) is 1.84. The van der Waals surface area contributed by atoms with E-state index < -0.39 is 19.6 Å². The first-order valence-corrected chi connectivity index (χ1v) is 9.72. The van der Waals surface area contributed by atoms with Gasteiger partial charge < -0.3 is 5.11 Å². The van der Waals surface area contributed by atoms with E-state index >= 15 is 0 Å². The molecule has 0 rings (SSSR count). The summed E-state index contributed by atoms with van der Waals surface area (Å²) in [6.45, 7) is 15.2. The number of hydrogen-bond acceptors (Lipinski definition) is 1. The van der Waals surface area contributed by atoms with Crippen molar-refractivity contribution in [2.24, 2.45) is 0 Å². The van der Waals surface area contributed by atoms with Crippen LogP contribution in [0.15, 0.2) is 0 Å². The molecule has 0 aromatic rings. The first-order valence-electron chi connectivity index (χ1n) is 7.49. The second-order valence-corrected chi connectivity index (χ2v) is 12.4. The molecule has 0 aliphatic heterocycles. The Hall–Kier alpha value is -0.403. The zero-order valence-corrected chi connectivity index (χ0v) is 15.1. The smallest absolute Gasteiger partial charge is 0.335 e. The minimum absolute atomic E-state index is 0.0196. The maximum atomic E-state index is 14.1. The summed E-state index contributed by atoms with van der Waals surface area (Å²) >= 11 is 0. The van der Waals surface area contributed by atoms with Crippen molar-refractivity contribution < 1.29 is 13.9 Å². The predicted molar refractivity (Wildman–Crippen MR) is 84.7 cm³/mol. The highest BCUT2D eigenvalue weighted by Gasteiger charge is 2.48. The lowest BCUT2D eigenvalue weighted by Gasteiger charge is -2.38. The van der Waals surface area contributed by atoms with Crippen LogP contribution in [-0.2, 0) is 0 Å². The summed E-state index contributed by atoms with van der Waals surface area (Å²) < 4.78 is 28.2. The molecule has 0 aliphatic rings. The Labute approximate surface area is 124 Å². The van der Waals surface area contributed by atoms with Crippen molar-refractivity contribution in [1.29, 1.82) is 0 Å². The van der Waals surface area contributed by atoms with Crippen LogP contribution in [0.25, 0.3) is 0 Å². The van der Waals surface area contributed by atoms with Gasteiger partial charge in [-0.15, -0.1) is 5.54 Å². The minimum atomic E-state index is -3.36. The van der Waals surface area contributed by atoms with Gasteiger partial charge in [0.15, 0.2) is 0 Å². The van der Waals surface area contributed by atoms with Gasteiger partial charge in [0, 0.05) is 0 Å². The van der Waals surface area contributed by atoms with Gasteiger partial charge in [-0.25, -0.2) is 0 Å². The van der Waals surface area contributed by atoms with Crippen molar-refractivity contribution in [3.8, 4) is 11.5 Å². The monoisotopic (exact) mass is 304 g/mol. The highest BCUT2D eigenvalue weighted by molar-refractivity contribution is 6.90.